The average molecular weight is 438 g/mol. The molecule has 0 heterocycles. The largest absolute Gasteiger partial charge is 0.358 e. The molecule has 1 aliphatic rings. The molecule has 0 aromatic heterocycles. The summed E-state index contributed by atoms with van der Waals surface area (Å²) in [4.78, 5) is 0. The first kappa shape index (κ1) is 23.5. The highest BCUT2D eigenvalue weighted by Gasteiger charge is 2.32. The maximum Gasteiger partial charge on any atom is 0.211 e. The van der Waals surface area contributed by atoms with Gasteiger partial charge in [0.1, 0.15) is 0 Å². The van der Waals surface area contributed by atoms with Crippen molar-refractivity contribution in [1.82, 2.24) is 15.4 Å². The fraction of sp³-hybridized carbons (Fsp3) is 0.476. The summed E-state index contributed by atoms with van der Waals surface area (Å²) >= 11 is 5.38. The molecule has 3 N–H and O–H groups in total. The topological polar surface area (TPSA) is 79.5 Å². The first-order chi connectivity index (χ1) is 13.4. The molecule has 0 radical (unpaired) electrons. The van der Waals surface area contributed by atoms with E-state index >= 15 is 0 Å². The Morgan fingerprint density at radius 1 is 1.24 bits per heavy atom. The lowest BCUT2D eigenvalue weighted by Crippen LogP contribution is -2.49. The Morgan fingerprint density at radius 3 is 2.38 bits per heavy atom. The average Bonchev–Trinajstić information content (AvgIpc) is 2.60. The Balaban J connectivity index is 1.90. The van der Waals surface area contributed by atoms with E-state index in [4.69, 9.17) is 17.0 Å². The molecule has 0 bridgehead atoms. The maximum absolute atomic E-state index is 11.6. The molecule has 160 valence electrons. The zero-order chi connectivity index (χ0) is 21.7. The van der Waals surface area contributed by atoms with Crippen LogP contribution in [-0.2, 0) is 26.7 Å². The van der Waals surface area contributed by atoms with E-state index in [2.05, 4.69) is 60.4 Å². The molecule has 1 aliphatic carbocycles. The van der Waals surface area contributed by atoms with Gasteiger partial charge in [-0.15, -0.1) is 0 Å². The van der Waals surface area contributed by atoms with Crippen molar-refractivity contribution in [1.29, 1.82) is 0 Å². The Bertz CT molecular complexity index is 885. The Labute approximate surface area is 179 Å². The molecule has 1 atom stereocenters. The summed E-state index contributed by atoms with van der Waals surface area (Å²) in [5.41, 5.74) is 2.29. The van der Waals surface area contributed by atoms with Crippen LogP contribution in [0.15, 0.2) is 48.2 Å². The van der Waals surface area contributed by atoms with Gasteiger partial charge in [-0.1, -0.05) is 51.1 Å². The molecule has 0 aliphatic heterocycles. The van der Waals surface area contributed by atoms with Gasteiger partial charge in [-0.2, -0.15) is 4.72 Å². The van der Waals surface area contributed by atoms with Gasteiger partial charge < -0.3 is 15.4 Å². The minimum atomic E-state index is -3.41. The van der Waals surface area contributed by atoms with Crippen LogP contribution in [0.5, 0.6) is 0 Å². The zero-order valence-electron chi connectivity index (χ0n) is 17.7. The van der Waals surface area contributed by atoms with Gasteiger partial charge in [0.25, 0.3) is 0 Å². The van der Waals surface area contributed by atoms with Crippen molar-refractivity contribution < 1.29 is 13.2 Å². The number of nitrogens with one attached hydrogen (secondary N) is 3. The van der Waals surface area contributed by atoms with Crippen LogP contribution in [0, 0.1) is 0 Å². The minimum absolute atomic E-state index is 0.130. The van der Waals surface area contributed by atoms with Crippen LogP contribution in [0.4, 0.5) is 0 Å². The van der Waals surface area contributed by atoms with Gasteiger partial charge in [-0.25, -0.2) is 8.42 Å². The number of rotatable bonds is 7. The van der Waals surface area contributed by atoms with Crippen molar-refractivity contribution in [3.8, 4) is 0 Å². The van der Waals surface area contributed by atoms with Crippen LogP contribution in [0.1, 0.15) is 45.2 Å². The summed E-state index contributed by atoms with van der Waals surface area (Å²) in [6.07, 6.45) is 6.81. The van der Waals surface area contributed by atoms with Gasteiger partial charge in [-0.05, 0) is 47.8 Å². The highest BCUT2D eigenvalue weighted by molar-refractivity contribution is 7.88. The molecule has 0 saturated carbocycles. The monoisotopic (exact) mass is 437 g/mol. The van der Waals surface area contributed by atoms with E-state index in [-0.39, 0.29) is 5.41 Å². The SMILES string of the molecule is CCOC1(NS(C)(=O)=O)C=CC(NC(=S)NCc2ccc(C(C)(C)C)cc2)=CC1. The van der Waals surface area contributed by atoms with Crippen molar-refractivity contribution >= 4 is 27.4 Å². The first-order valence-corrected chi connectivity index (χ1v) is 11.9. The van der Waals surface area contributed by atoms with E-state index in [1.807, 2.05) is 13.0 Å². The number of allylic oxidation sites excluding steroid dienone is 1. The molecule has 0 amide bonds. The van der Waals surface area contributed by atoms with Gasteiger partial charge >= 0.3 is 0 Å². The number of ether oxygens (including phenoxy) is 1. The highest BCUT2D eigenvalue weighted by atomic mass is 32.2. The lowest BCUT2D eigenvalue weighted by molar-refractivity contribution is -0.00819. The standard InChI is InChI=1S/C21H31N3O3S2/c1-6-27-21(24-29(5,25)26)13-11-18(12-14-21)23-19(28)22-15-16-7-9-17(10-8-16)20(2,3)4/h7-13,24H,6,14-15H2,1-5H3,(H2,22,23,28). The molecule has 1 unspecified atom stereocenters. The quantitative estimate of drug-likeness (QED) is 0.449. The molecule has 0 saturated heterocycles. The summed E-state index contributed by atoms with van der Waals surface area (Å²) in [6.45, 7) is 9.40. The van der Waals surface area contributed by atoms with Crippen molar-refractivity contribution in [2.24, 2.45) is 0 Å². The van der Waals surface area contributed by atoms with E-state index in [0.29, 0.717) is 24.7 Å². The van der Waals surface area contributed by atoms with Crippen molar-refractivity contribution in [2.45, 2.75) is 51.8 Å². The van der Waals surface area contributed by atoms with Gasteiger partial charge in [-0.3, -0.25) is 0 Å². The predicted octanol–water partition coefficient (Wildman–Crippen LogP) is 3.07. The smallest absolute Gasteiger partial charge is 0.211 e. The molecule has 29 heavy (non-hydrogen) atoms. The molecule has 2 rings (SSSR count). The summed E-state index contributed by atoms with van der Waals surface area (Å²) in [7, 11) is -3.41. The molecule has 0 fully saturated rings. The first-order valence-electron chi connectivity index (χ1n) is 9.59. The van der Waals surface area contributed by atoms with E-state index in [0.717, 1.165) is 17.5 Å². The van der Waals surface area contributed by atoms with E-state index in [1.54, 1.807) is 12.2 Å². The van der Waals surface area contributed by atoms with Crippen LogP contribution in [0.25, 0.3) is 0 Å². The van der Waals surface area contributed by atoms with Crippen LogP contribution in [0.3, 0.4) is 0 Å². The van der Waals surface area contributed by atoms with Gasteiger partial charge in [0.2, 0.25) is 10.0 Å². The van der Waals surface area contributed by atoms with Gasteiger partial charge in [0.15, 0.2) is 10.8 Å². The fourth-order valence-corrected chi connectivity index (χ4v) is 4.01. The zero-order valence-corrected chi connectivity index (χ0v) is 19.3. The second kappa shape index (κ2) is 9.38. The molecule has 8 heteroatoms. The third-order valence-corrected chi connectivity index (χ3v) is 5.41. The Hall–Kier alpha value is -1.74. The van der Waals surface area contributed by atoms with Gasteiger partial charge in [0.05, 0.1) is 6.26 Å². The lowest BCUT2D eigenvalue weighted by atomic mass is 9.87. The Morgan fingerprint density at radius 2 is 1.90 bits per heavy atom. The highest BCUT2D eigenvalue weighted by Crippen LogP contribution is 2.23. The van der Waals surface area contributed by atoms with Crippen molar-refractivity contribution in [2.75, 3.05) is 12.9 Å². The molecular formula is C21H31N3O3S2. The molecule has 1 aromatic rings. The van der Waals surface area contributed by atoms with Crippen molar-refractivity contribution in [3.05, 3.63) is 59.3 Å². The number of sulfonamides is 1. The van der Waals surface area contributed by atoms with Gasteiger partial charge in [0, 0.05) is 25.3 Å². The molecular weight excluding hydrogens is 406 g/mol. The van der Waals surface area contributed by atoms with E-state index in [9.17, 15) is 8.42 Å². The number of benzene rings is 1. The van der Waals surface area contributed by atoms with Crippen LogP contribution < -0.4 is 15.4 Å². The van der Waals surface area contributed by atoms with Crippen molar-refractivity contribution in [3.63, 3.8) is 0 Å². The molecule has 6 nitrogen and oxygen atoms in total. The maximum atomic E-state index is 11.6. The van der Waals surface area contributed by atoms with E-state index < -0.39 is 15.7 Å². The normalized spacial score (nSPS) is 19.6. The third-order valence-electron chi connectivity index (χ3n) is 4.45. The molecule has 1 aromatic carbocycles. The lowest BCUT2D eigenvalue weighted by Gasteiger charge is -2.32. The predicted molar refractivity (Wildman–Crippen MR) is 122 cm³/mol. The van der Waals surface area contributed by atoms with Crippen LogP contribution in [0.2, 0.25) is 0 Å². The summed E-state index contributed by atoms with van der Waals surface area (Å²) < 4.78 is 31.5. The second-order valence-electron chi connectivity index (χ2n) is 8.15. The summed E-state index contributed by atoms with van der Waals surface area (Å²) in [5.74, 6) is 0. The third kappa shape index (κ3) is 7.54. The second-order valence-corrected chi connectivity index (χ2v) is 10.3. The molecule has 0 spiro atoms. The number of thiocarbonyl (C=S) groups is 1. The van der Waals surface area contributed by atoms with E-state index in [1.165, 1.54) is 5.56 Å². The van der Waals surface area contributed by atoms with Crippen LogP contribution >= 0.6 is 12.2 Å². The summed E-state index contributed by atoms with van der Waals surface area (Å²) in [5, 5.41) is 6.82. The summed E-state index contributed by atoms with van der Waals surface area (Å²) in [6, 6.07) is 8.48. The number of hydrogen-bond acceptors (Lipinski definition) is 4. The number of hydrogen-bond donors (Lipinski definition) is 3. The fourth-order valence-electron chi connectivity index (χ4n) is 2.98. The minimum Gasteiger partial charge on any atom is -0.358 e. The van der Waals surface area contributed by atoms with Crippen LogP contribution in [-0.4, -0.2) is 32.1 Å². The Kier molecular flexibility index (Phi) is 7.62.